The van der Waals surface area contributed by atoms with Crippen molar-refractivity contribution < 1.29 is 14.4 Å². The van der Waals surface area contributed by atoms with Crippen molar-refractivity contribution in [2.24, 2.45) is 0 Å². The highest BCUT2D eigenvalue weighted by Crippen LogP contribution is 2.30. The Labute approximate surface area is 162 Å². The zero-order valence-electron chi connectivity index (χ0n) is 14.8. The van der Waals surface area contributed by atoms with Gasteiger partial charge in [0.05, 0.1) is 16.7 Å². The Morgan fingerprint density at radius 2 is 1.85 bits per heavy atom. The molecule has 1 N–H and O–H groups in total. The van der Waals surface area contributed by atoms with Crippen LogP contribution in [0.15, 0.2) is 48.5 Å². The van der Waals surface area contributed by atoms with E-state index >= 15 is 0 Å². The number of nitrogens with one attached hydrogen (secondary N) is 1. The number of amides is 3. The van der Waals surface area contributed by atoms with Crippen molar-refractivity contribution in [2.45, 2.75) is 30.9 Å². The molecule has 1 atom stereocenters. The number of benzene rings is 2. The Morgan fingerprint density at radius 3 is 2.67 bits per heavy atom. The lowest BCUT2D eigenvalue weighted by Crippen LogP contribution is -2.31. The summed E-state index contributed by atoms with van der Waals surface area (Å²) in [4.78, 5) is 38.3. The highest BCUT2D eigenvalue weighted by Gasteiger charge is 2.39. The van der Waals surface area contributed by atoms with Crippen molar-refractivity contribution >= 4 is 40.9 Å². The summed E-state index contributed by atoms with van der Waals surface area (Å²) in [6.45, 7) is 0. The van der Waals surface area contributed by atoms with E-state index in [0.717, 1.165) is 24.9 Å². The summed E-state index contributed by atoms with van der Waals surface area (Å²) in [6, 6.07) is 14.9. The SMILES string of the molecule is O=C(CS[C@H]1CC(=O)N(c2ccccc2)C1=O)Nc1ccc2c(c1)CCC2. The van der Waals surface area contributed by atoms with E-state index in [1.807, 2.05) is 18.2 Å². The van der Waals surface area contributed by atoms with Crippen molar-refractivity contribution in [3.63, 3.8) is 0 Å². The first kappa shape index (κ1) is 17.8. The van der Waals surface area contributed by atoms with Crippen molar-refractivity contribution in [2.75, 3.05) is 16.0 Å². The van der Waals surface area contributed by atoms with Gasteiger partial charge in [-0.05, 0) is 54.7 Å². The first-order valence-corrected chi connectivity index (χ1v) is 10.1. The summed E-state index contributed by atoms with van der Waals surface area (Å²) in [6.07, 6.45) is 3.46. The highest BCUT2D eigenvalue weighted by molar-refractivity contribution is 8.01. The smallest absolute Gasteiger partial charge is 0.247 e. The predicted molar refractivity (Wildman–Crippen MR) is 107 cm³/mol. The molecule has 2 aliphatic rings. The quantitative estimate of drug-likeness (QED) is 0.809. The largest absolute Gasteiger partial charge is 0.325 e. The molecule has 1 aliphatic heterocycles. The minimum atomic E-state index is -0.511. The molecule has 3 amide bonds. The van der Waals surface area contributed by atoms with Crippen molar-refractivity contribution in [3.05, 3.63) is 59.7 Å². The number of aryl methyl sites for hydroxylation is 2. The summed E-state index contributed by atoms with van der Waals surface area (Å²) in [7, 11) is 0. The molecular formula is C21H20N2O3S. The minimum absolute atomic E-state index is 0.129. The van der Waals surface area contributed by atoms with Crippen LogP contribution in [0.5, 0.6) is 0 Å². The van der Waals surface area contributed by atoms with Gasteiger partial charge in [0, 0.05) is 12.1 Å². The van der Waals surface area contributed by atoms with E-state index < -0.39 is 5.25 Å². The van der Waals surface area contributed by atoms with E-state index in [1.54, 1.807) is 24.3 Å². The van der Waals surface area contributed by atoms with Gasteiger partial charge in [-0.25, -0.2) is 4.90 Å². The molecule has 6 heteroatoms. The van der Waals surface area contributed by atoms with Crippen LogP contribution in [0.25, 0.3) is 0 Å². The molecule has 2 aromatic carbocycles. The molecule has 2 aromatic rings. The second kappa shape index (κ2) is 7.56. The standard InChI is InChI=1S/C21H20N2O3S/c24-19(22-16-10-9-14-5-4-6-15(14)11-16)13-27-18-12-20(25)23(21(18)26)17-7-2-1-3-8-17/h1-3,7-11,18H,4-6,12-13H2,(H,22,24)/t18-/m0/s1. The van der Waals surface area contributed by atoms with Crippen LogP contribution in [0, 0.1) is 0 Å². The van der Waals surface area contributed by atoms with Gasteiger partial charge < -0.3 is 5.32 Å². The molecular weight excluding hydrogens is 360 g/mol. The second-order valence-electron chi connectivity index (χ2n) is 6.79. The fourth-order valence-corrected chi connectivity index (χ4v) is 4.54. The third-order valence-electron chi connectivity index (χ3n) is 4.92. The number of hydrogen-bond donors (Lipinski definition) is 1. The lowest BCUT2D eigenvalue weighted by atomic mass is 10.1. The molecule has 0 bridgehead atoms. The summed E-state index contributed by atoms with van der Waals surface area (Å²) < 4.78 is 0. The molecule has 0 radical (unpaired) electrons. The highest BCUT2D eigenvalue weighted by atomic mass is 32.2. The fraction of sp³-hybridized carbons (Fsp3) is 0.286. The van der Waals surface area contributed by atoms with E-state index in [-0.39, 0.29) is 29.9 Å². The lowest BCUT2D eigenvalue weighted by molar-refractivity contribution is -0.121. The number of anilines is 2. The maximum Gasteiger partial charge on any atom is 0.247 e. The first-order chi connectivity index (χ1) is 13.1. The van der Waals surface area contributed by atoms with Crippen LogP contribution in [-0.4, -0.2) is 28.7 Å². The van der Waals surface area contributed by atoms with Gasteiger partial charge in [-0.3, -0.25) is 14.4 Å². The van der Waals surface area contributed by atoms with E-state index in [2.05, 4.69) is 11.4 Å². The summed E-state index contributed by atoms with van der Waals surface area (Å²) >= 11 is 1.22. The Hall–Kier alpha value is -2.60. The molecule has 0 spiro atoms. The average Bonchev–Trinajstić information content (AvgIpc) is 3.24. The molecule has 0 aromatic heterocycles. The van der Waals surface area contributed by atoms with Crippen LogP contribution in [0.2, 0.25) is 0 Å². The zero-order valence-corrected chi connectivity index (χ0v) is 15.6. The molecule has 0 unspecified atom stereocenters. The molecule has 1 heterocycles. The third-order valence-corrected chi connectivity index (χ3v) is 6.12. The second-order valence-corrected chi connectivity index (χ2v) is 7.98. The van der Waals surface area contributed by atoms with Crippen LogP contribution in [0.3, 0.4) is 0 Å². The van der Waals surface area contributed by atoms with E-state index in [9.17, 15) is 14.4 Å². The Kier molecular flexibility index (Phi) is 4.99. The molecule has 5 nitrogen and oxygen atoms in total. The summed E-state index contributed by atoms with van der Waals surface area (Å²) in [5.41, 5.74) is 4.04. The average molecular weight is 380 g/mol. The normalized spacial score (nSPS) is 18.7. The number of imide groups is 1. The van der Waals surface area contributed by atoms with Gasteiger partial charge in [-0.2, -0.15) is 0 Å². The zero-order chi connectivity index (χ0) is 18.8. The topological polar surface area (TPSA) is 66.5 Å². The molecule has 1 fully saturated rings. The van der Waals surface area contributed by atoms with Crippen molar-refractivity contribution in [1.29, 1.82) is 0 Å². The lowest BCUT2D eigenvalue weighted by Gasteiger charge is -2.14. The molecule has 4 rings (SSSR count). The third kappa shape index (κ3) is 3.76. The molecule has 1 saturated heterocycles. The molecule has 0 saturated carbocycles. The summed E-state index contributed by atoms with van der Waals surface area (Å²) in [5, 5.41) is 2.38. The molecule has 27 heavy (non-hydrogen) atoms. The predicted octanol–water partition coefficient (Wildman–Crippen LogP) is 3.18. The van der Waals surface area contributed by atoms with Gasteiger partial charge in [0.2, 0.25) is 17.7 Å². The van der Waals surface area contributed by atoms with Crippen LogP contribution in [0.4, 0.5) is 11.4 Å². The first-order valence-electron chi connectivity index (χ1n) is 9.07. The van der Waals surface area contributed by atoms with Crippen LogP contribution in [-0.2, 0) is 27.2 Å². The van der Waals surface area contributed by atoms with E-state index in [1.165, 1.54) is 27.8 Å². The van der Waals surface area contributed by atoms with Gasteiger partial charge in [-0.15, -0.1) is 11.8 Å². The number of thioether (sulfide) groups is 1. The number of para-hydroxylation sites is 1. The summed E-state index contributed by atoms with van der Waals surface area (Å²) in [5.74, 6) is -0.482. The minimum Gasteiger partial charge on any atom is -0.325 e. The van der Waals surface area contributed by atoms with Crippen LogP contribution < -0.4 is 10.2 Å². The maximum absolute atomic E-state index is 12.6. The van der Waals surface area contributed by atoms with E-state index in [4.69, 9.17) is 0 Å². The van der Waals surface area contributed by atoms with Crippen LogP contribution in [0.1, 0.15) is 24.0 Å². The molecule has 1 aliphatic carbocycles. The van der Waals surface area contributed by atoms with Gasteiger partial charge in [0.1, 0.15) is 0 Å². The van der Waals surface area contributed by atoms with Gasteiger partial charge >= 0.3 is 0 Å². The number of rotatable bonds is 5. The molecule has 138 valence electrons. The fourth-order valence-electron chi connectivity index (χ4n) is 3.61. The Balaban J connectivity index is 1.34. The number of nitrogens with zero attached hydrogens (tertiary/aromatic N) is 1. The van der Waals surface area contributed by atoms with Gasteiger partial charge in [0.15, 0.2) is 0 Å². The number of hydrogen-bond acceptors (Lipinski definition) is 4. The van der Waals surface area contributed by atoms with Gasteiger partial charge in [-0.1, -0.05) is 24.3 Å². The van der Waals surface area contributed by atoms with Gasteiger partial charge in [0.25, 0.3) is 0 Å². The van der Waals surface area contributed by atoms with Crippen LogP contribution >= 0.6 is 11.8 Å². The van der Waals surface area contributed by atoms with E-state index in [0.29, 0.717) is 5.69 Å². The van der Waals surface area contributed by atoms with Crippen molar-refractivity contribution in [3.8, 4) is 0 Å². The maximum atomic E-state index is 12.6. The number of carbonyl (C=O) groups is 3. The Bertz CT molecular complexity index is 898. The number of carbonyl (C=O) groups excluding carboxylic acids is 3. The monoisotopic (exact) mass is 380 g/mol. The number of fused-ring (bicyclic) bond motifs is 1. The van der Waals surface area contributed by atoms with Crippen molar-refractivity contribution in [1.82, 2.24) is 0 Å². The Morgan fingerprint density at radius 1 is 1.07 bits per heavy atom.